The van der Waals surface area contributed by atoms with E-state index in [2.05, 4.69) is 25.0 Å². The highest BCUT2D eigenvalue weighted by molar-refractivity contribution is 6.04. The van der Waals surface area contributed by atoms with Gasteiger partial charge in [0.2, 0.25) is 0 Å². The average molecular weight is 381 g/mol. The van der Waals surface area contributed by atoms with Gasteiger partial charge in [0.15, 0.2) is 5.65 Å². The van der Waals surface area contributed by atoms with Crippen LogP contribution in [0.2, 0.25) is 0 Å². The minimum atomic E-state index is -0.449. The number of morpholine rings is 1. The Hall–Kier alpha value is -3.46. The highest BCUT2D eigenvalue weighted by atomic mass is 16.5. The maximum Gasteiger partial charge on any atom is 0.337 e. The first-order valence-electron chi connectivity index (χ1n) is 8.83. The molecule has 1 amide bonds. The number of nitrogens with zero attached hydrogens (tertiary/aromatic N) is 4. The van der Waals surface area contributed by atoms with E-state index in [0.717, 1.165) is 18.9 Å². The molecule has 1 aliphatic heterocycles. The molecule has 1 saturated heterocycles. The molecule has 0 unspecified atom stereocenters. The smallest absolute Gasteiger partial charge is 0.337 e. The zero-order valence-electron chi connectivity index (χ0n) is 15.3. The number of anilines is 2. The number of esters is 1. The molecule has 0 radical (unpaired) electrons. The highest BCUT2D eigenvalue weighted by Gasteiger charge is 2.18. The Morgan fingerprint density at radius 1 is 1.11 bits per heavy atom. The molecule has 0 saturated carbocycles. The summed E-state index contributed by atoms with van der Waals surface area (Å²) in [6, 6.07) is 9.82. The van der Waals surface area contributed by atoms with Crippen molar-refractivity contribution in [3.05, 3.63) is 53.7 Å². The lowest BCUT2D eigenvalue weighted by Gasteiger charge is -2.29. The fraction of sp³-hybridized carbons (Fsp3) is 0.263. The summed E-state index contributed by atoms with van der Waals surface area (Å²) in [6.45, 7) is 2.75. The van der Waals surface area contributed by atoms with Crippen LogP contribution in [0.1, 0.15) is 20.7 Å². The lowest BCUT2D eigenvalue weighted by atomic mass is 10.1. The number of hydrogen-bond acceptors (Lipinski definition) is 7. The highest BCUT2D eigenvalue weighted by Crippen LogP contribution is 2.21. The van der Waals surface area contributed by atoms with Crippen LogP contribution in [-0.2, 0) is 9.47 Å². The van der Waals surface area contributed by atoms with Gasteiger partial charge in [0.05, 0.1) is 32.1 Å². The summed E-state index contributed by atoms with van der Waals surface area (Å²) in [5.41, 5.74) is 1.43. The maximum absolute atomic E-state index is 12.6. The molecule has 3 aromatic rings. The van der Waals surface area contributed by atoms with E-state index >= 15 is 0 Å². The summed E-state index contributed by atoms with van der Waals surface area (Å²) in [5.74, 6) is 0.502. The van der Waals surface area contributed by atoms with Gasteiger partial charge in [-0.25, -0.2) is 9.78 Å². The zero-order valence-corrected chi connectivity index (χ0v) is 15.3. The number of nitrogens with one attached hydrogen (secondary N) is 1. The lowest BCUT2D eigenvalue weighted by molar-refractivity contribution is 0.0600. The van der Waals surface area contributed by atoms with Gasteiger partial charge in [0.25, 0.3) is 5.91 Å². The number of rotatable bonds is 4. The van der Waals surface area contributed by atoms with Crippen molar-refractivity contribution in [2.45, 2.75) is 0 Å². The molecule has 3 heterocycles. The second-order valence-corrected chi connectivity index (χ2v) is 6.22. The predicted molar refractivity (Wildman–Crippen MR) is 102 cm³/mol. The molecule has 1 N–H and O–H groups in total. The van der Waals surface area contributed by atoms with Gasteiger partial charge in [-0.15, -0.1) is 0 Å². The molecule has 0 atom stereocenters. The van der Waals surface area contributed by atoms with Gasteiger partial charge in [-0.3, -0.25) is 4.79 Å². The number of fused-ring (bicyclic) bond motifs is 1. The molecule has 0 aliphatic carbocycles. The number of amides is 1. The number of carbonyl (C=O) groups is 2. The molecule has 9 heteroatoms. The largest absolute Gasteiger partial charge is 0.465 e. The Labute approximate surface area is 160 Å². The van der Waals surface area contributed by atoms with Gasteiger partial charge in [-0.2, -0.15) is 9.61 Å². The van der Waals surface area contributed by atoms with Crippen LogP contribution in [0.25, 0.3) is 5.65 Å². The van der Waals surface area contributed by atoms with Gasteiger partial charge in [0.1, 0.15) is 11.6 Å². The molecule has 9 nitrogen and oxygen atoms in total. The van der Waals surface area contributed by atoms with Crippen LogP contribution in [-0.4, -0.2) is 59.9 Å². The van der Waals surface area contributed by atoms with Crippen LogP contribution >= 0.6 is 0 Å². The summed E-state index contributed by atoms with van der Waals surface area (Å²) in [4.78, 5) is 30.7. The summed E-state index contributed by atoms with van der Waals surface area (Å²) in [7, 11) is 1.31. The van der Waals surface area contributed by atoms with E-state index in [4.69, 9.17) is 4.74 Å². The molecule has 144 valence electrons. The van der Waals surface area contributed by atoms with Crippen molar-refractivity contribution in [1.29, 1.82) is 0 Å². The monoisotopic (exact) mass is 381 g/mol. The molecule has 2 aromatic heterocycles. The average Bonchev–Trinajstić information content (AvgIpc) is 3.22. The number of ether oxygens (including phenoxy) is 2. The molecule has 1 fully saturated rings. The summed E-state index contributed by atoms with van der Waals surface area (Å²) in [5, 5.41) is 7.14. The van der Waals surface area contributed by atoms with E-state index in [-0.39, 0.29) is 5.91 Å². The molecular weight excluding hydrogens is 362 g/mol. The van der Waals surface area contributed by atoms with Crippen LogP contribution in [0.4, 0.5) is 11.6 Å². The molecule has 1 aromatic carbocycles. The molecular formula is C19H19N5O4. The number of carbonyl (C=O) groups excluding carboxylic acids is 2. The minimum absolute atomic E-state index is 0.319. The van der Waals surface area contributed by atoms with E-state index < -0.39 is 5.97 Å². The number of methoxy groups -OCH3 is 1. The fourth-order valence-electron chi connectivity index (χ4n) is 3.04. The standard InChI is InChI=1S/C19H19N5O4/c1-27-19(26)14-4-2-13(3-5-14)18(25)22-15-12-17(23-8-10-28-11-9-23)24-16(21-15)6-7-20-24/h2-7,12H,8-11H2,1H3,(H,21,22,25). The van der Waals surface area contributed by atoms with E-state index in [1.165, 1.54) is 7.11 Å². The number of aromatic nitrogens is 3. The second kappa shape index (κ2) is 7.65. The van der Waals surface area contributed by atoms with Crippen molar-refractivity contribution in [2.75, 3.05) is 43.6 Å². The molecule has 1 aliphatic rings. The fourth-order valence-corrected chi connectivity index (χ4v) is 3.04. The van der Waals surface area contributed by atoms with Crippen molar-refractivity contribution in [3.8, 4) is 0 Å². The van der Waals surface area contributed by atoms with Crippen LogP contribution < -0.4 is 10.2 Å². The zero-order chi connectivity index (χ0) is 19.5. The van der Waals surface area contributed by atoms with Crippen LogP contribution in [0.15, 0.2) is 42.6 Å². The summed E-state index contributed by atoms with van der Waals surface area (Å²) >= 11 is 0. The quantitative estimate of drug-likeness (QED) is 0.686. The Bertz CT molecular complexity index is 1010. The summed E-state index contributed by atoms with van der Waals surface area (Å²) in [6.07, 6.45) is 1.67. The van der Waals surface area contributed by atoms with Gasteiger partial charge >= 0.3 is 5.97 Å². The van der Waals surface area contributed by atoms with E-state index in [1.807, 2.05) is 0 Å². The van der Waals surface area contributed by atoms with E-state index in [9.17, 15) is 9.59 Å². The predicted octanol–water partition coefficient (Wildman–Crippen LogP) is 1.60. The Morgan fingerprint density at radius 2 is 1.82 bits per heavy atom. The maximum atomic E-state index is 12.6. The van der Waals surface area contributed by atoms with Crippen LogP contribution in [0, 0.1) is 0 Å². The van der Waals surface area contributed by atoms with Crippen molar-refractivity contribution in [1.82, 2.24) is 14.6 Å². The van der Waals surface area contributed by atoms with Gasteiger partial charge in [0, 0.05) is 30.8 Å². The van der Waals surface area contributed by atoms with Crippen LogP contribution in [0.5, 0.6) is 0 Å². The van der Waals surface area contributed by atoms with E-state index in [0.29, 0.717) is 35.8 Å². The Balaban J connectivity index is 1.58. The minimum Gasteiger partial charge on any atom is -0.465 e. The van der Waals surface area contributed by atoms with Gasteiger partial charge in [-0.1, -0.05) is 0 Å². The Morgan fingerprint density at radius 3 is 2.54 bits per heavy atom. The number of benzene rings is 1. The van der Waals surface area contributed by atoms with Gasteiger partial charge in [-0.05, 0) is 24.3 Å². The Kier molecular flexibility index (Phi) is 4.90. The molecule has 0 spiro atoms. The molecule has 28 heavy (non-hydrogen) atoms. The first-order valence-corrected chi connectivity index (χ1v) is 8.83. The van der Waals surface area contributed by atoms with Crippen molar-refractivity contribution in [3.63, 3.8) is 0 Å². The first-order chi connectivity index (χ1) is 13.7. The van der Waals surface area contributed by atoms with Crippen molar-refractivity contribution in [2.24, 2.45) is 0 Å². The van der Waals surface area contributed by atoms with Crippen molar-refractivity contribution >= 4 is 29.2 Å². The molecule has 4 rings (SSSR count). The second-order valence-electron chi connectivity index (χ2n) is 6.22. The first kappa shape index (κ1) is 17.9. The third-order valence-corrected chi connectivity index (χ3v) is 4.49. The van der Waals surface area contributed by atoms with E-state index in [1.54, 1.807) is 47.1 Å². The third-order valence-electron chi connectivity index (χ3n) is 4.49. The van der Waals surface area contributed by atoms with Crippen molar-refractivity contribution < 1.29 is 19.1 Å². The van der Waals surface area contributed by atoms with Gasteiger partial charge < -0.3 is 19.7 Å². The lowest BCUT2D eigenvalue weighted by Crippen LogP contribution is -2.37. The summed E-state index contributed by atoms with van der Waals surface area (Å²) < 4.78 is 11.8. The number of hydrogen-bond donors (Lipinski definition) is 1. The normalized spacial score (nSPS) is 14.1. The topological polar surface area (TPSA) is 98.1 Å². The van der Waals surface area contributed by atoms with Crippen LogP contribution in [0.3, 0.4) is 0 Å². The SMILES string of the molecule is COC(=O)c1ccc(C(=O)Nc2cc(N3CCOCC3)n3nccc3n2)cc1. The third kappa shape index (κ3) is 3.52. The molecule has 0 bridgehead atoms.